The molecule has 0 bridgehead atoms. The molecule has 0 aromatic rings. The molecule has 0 amide bonds. The summed E-state index contributed by atoms with van der Waals surface area (Å²) in [5, 5.41) is 6.75. The van der Waals surface area contributed by atoms with Gasteiger partial charge in [-0.3, -0.25) is 0 Å². The second-order valence-electron chi connectivity index (χ2n) is 4.56. The van der Waals surface area contributed by atoms with Crippen LogP contribution in [-0.4, -0.2) is 88.8 Å². The zero-order valence-electron chi connectivity index (χ0n) is 12.9. The lowest BCUT2D eigenvalue weighted by atomic mass is 10.6. The molecule has 1 aliphatic rings. The van der Waals surface area contributed by atoms with Crippen molar-refractivity contribution in [2.24, 2.45) is 0 Å². The zero-order chi connectivity index (χ0) is 14.8. The van der Waals surface area contributed by atoms with Gasteiger partial charge in [-0.1, -0.05) is 0 Å². The van der Waals surface area contributed by atoms with E-state index in [0.717, 1.165) is 75.6 Å². The molecular weight excluding hydrogens is 308 g/mol. The minimum atomic E-state index is 0.684. The largest absolute Gasteiger partial charge is 0.380 e. The Bertz CT molecular complexity index is 122. The third-order valence-electron chi connectivity index (χ3n) is 2.81. The van der Waals surface area contributed by atoms with Gasteiger partial charge in [-0.15, -0.1) is 0 Å². The maximum atomic E-state index is 5.61. The molecule has 7 heteroatoms. The van der Waals surface area contributed by atoms with E-state index in [9.17, 15) is 0 Å². The Hall–Kier alpha value is 0.500. The summed E-state index contributed by atoms with van der Waals surface area (Å²) >= 11 is 3.88. The van der Waals surface area contributed by atoms with Gasteiger partial charge in [0.2, 0.25) is 0 Å². The predicted molar refractivity (Wildman–Crippen MR) is 92.8 cm³/mol. The van der Waals surface area contributed by atoms with Gasteiger partial charge in [0.25, 0.3) is 0 Å². The fourth-order valence-electron chi connectivity index (χ4n) is 1.69. The van der Waals surface area contributed by atoms with Crippen LogP contribution >= 0.6 is 23.5 Å². The first-order chi connectivity index (χ1) is 10.5. The van der Waals surface area contributed by atoms with Crippen LogP contribution in [0.25, 0.3) is 0 Å². The third-order valence-corrected chi connectivity index (χ3v) is 4.71. The second kappa shape index (κ2) is 16.9. The van der Waals surface area contributed by atoms with Crippen molar-refractivity contribution in [3.8, 4) is 0 Å². The van der Waals surface area contributed by atoms with E-state index in [-0.39, 0.29) is 0 Å². The van der Waals surface area contributed by atoms with Gasteiger partial charge >= 0.3 is 0 Å². The highest BCUT2D eigenvalue weighted by Crippen LogP contribution is 2.00. The smallest absolute Gasteiger partial charge is 0.0701 e. The Balaban J connectivity index is 2.00. The predicted octanol–water partition coefficient (Wildman–Crippen LogP) is 0.695. The van der Waals surface area contributed by atoms with Crippen LogP contribution in [-0.2, 0) is 14.2 Å². The molecule has 126 valence electrons. The molecule has 2 N–H and O–H groups in total. The van der Waals surface area contributed by atoms with E-state index in [4.69, 9.17) is 14.2 Å². The van der Waals surface area contributed by atoms with Crippen LogP contribution in [0.15, 0.2) is 0 Å². The molecular formula is C14H30N2O3S2. The summed E-state index contributed by atoms with van der Waals surface area (Å²) in [6.07, 6.45) is 0. The lowest BCUT2D eigenvalue weighted by Gasteiger charge is -2.07. The molecule has 0 saturated carbocycles. The van der Waals surface area contributed by atoms with Crippen molar-refractivity contribution >= 4 is 23.5 Å². The highest BCUT2D eigenvalue weighted by atomic mass is 32.2. The van der Waals surface area contributed by atoms with Gasteiger partial charge in [0, 0.05) is 49.2 Å². The first-order valence-corrected chi connectivity index (χ1v) is 10.1. The lowest BCUT2D eigenvalue weighted by molar-refractivity contribution is 0.0502. The van der Waals surface area contributed by atoms with E-state index >= 15 is 0 Å². The SMILES string of the molecule is C1COCCOCCNCCSCCOCCSCCN1. The minimum absolute atomic E-state index is 0.684. The summed E-state index contributed by atoms with van der Waals surface area (Å²) < 4.78 is 16.6. The molecule has 1 rings (SSSR count). The quantitative estimate of drug-likeness (QED) is 0.674. The molecule has 0 aromatic heterocycles. The Morgan fingerprint density at radius 2 is 0.952 bits per heavy atom. The number of hydrogen-bond acceptors (Lipinski definition) is 7. The second-order valence-corrected chi connectivity index (χ2v) is 7.01. The van der Waals surface area contributed by atoms with Gasteiger partial charge in [-0.25, -0.2) is 0 Å². The molecule has 0 atom stereocenters. The van der Waals surface area contributed by atoms with E-state index in [0.29, 0.717) is 13.2 Å². The highest BCUT2D eigenvalue weighted by molar-refractivity contribution is 7.99. The van der Waals surface area contributed by atoms with Gasteiger partial charge < -0.3 is 24.8 Å². The highest BCUT2D eigenvalue weighted by Gasteiger charge is 1.95. The Kier molecular flexibility index (Phi) is 15.7. The Labute approximate surface area is 137 Å². The summed E-state index contributed by atoms with van der Waals surface area (Å²) in [4.78, 5) is 0. The van der Waals surface area contributed by atoms with Crippen LogP contribution in [0.2, 0.25) is 0 Å². The van der Waals surface area contributed by atoms with E-state index in [2.05, 4.69) is 10.6 Å². The number of ether oxygens (including phenoxy) is 3. The van der Waals surface area contributed by atoms with Crippen LogP contribution in [0.4, 0.5) is 0 Å². The molecule has 0 aliphatic carbocycles. The molecule has 1 aliphatic heterocycles. The van der Waals surface area contributed by atoms with Crippen molar-refractivity contribution < 1.29 is 14.2 Å². The first kappa shape index (κ1) is 19.5. The Morgan fingerprint density at radius 1 is 0.476 bits per heavy atom. The standard InChI is InChI=1S/C14H30N2O3S2/c1-5-17-7-8-18-6-2-16-4-12-21-14-10-19-9-13-20-11-3-15-1/h15-16H,1-14H2. The van der Waals surface area contributed by atoms with Gasteiger partial charge in [-0.2, -0.15) is 23.5 Å². The molecule has 0 spiro atoms. The number of rotatable bonds is 0. The molecule has 1 heterocycles. The van der Waals surface area contributed by atoms with Gasteiger partial charge in [0.1, 0.15) is 0 Å². The molecule has 1 fully saturated rings. The average molecular weight is 339 g/mol. The van der Waals surface area contributed by atoms with Gasteiger partial charge in [0.05, 0.1) is 39.6 Å². The molecule has 0 radical (unpaired) electrons. The fourth-order valence-corrected chi connectivity index (χ4v) is 3.15. The summed E-state index contributed by atoms with van der Waals surface area (Å²) in [5.41, 5.74) is 0. The van der Waals surface area contributed by atoms with Crippen LogP contribution < -0.4 is 10.6 Å². The van der Waals surface area contributed by atoms with Crippen molar-refractivity contribution in [2.45, 2.75) is 0 Å². The summed E-state index contributed by atoms with van der Waals surface area (Å²) in [7, 11) is 0. The summed E-state index contributed by atoms with van der Waals surface area (Å²) in [6.45, 7) is 8.50. The van der Waals surface area contributed by atoms with Crippen molar-refractivity contribution in [3.05, 3.63) is 0 Å². The summed E-state index contributed by atoms with van der Waals surface area (Å²) in [6, 6.07) is 0. The number of nitrogens with one attached hydrogen (secondary N) is 2. The summed E-state index contributed by atoms with van der Waals surface area (Å²) in [5.74, 6) is 4.43. The van der Waals surface area contributed by atoms with E-state index in [1.165, 1.54) is 0 Å². The molecule has 1 saturated heterocycles. The number of thioether (sulfide) groups is 2. The van der Waals surface area contributed by atoms with Crippen molar-refractivity contribution in [1.29, 1.82) is 0 Å². The normalized spacial score (nSPS) is 24.0. The van der Waals surface area contributed by atoms with Crippen LogP contribution in [0, 0.1) is 0 Å². The fraction of sp³-hybridized carbons (Fsp3) is 1.00. The third kappa shape index (κ3) is 15.2. The van der Waals surface area contributed by atoms with Crippen molar-refractivity contribution in [1.82, 2.24) is 10.6 Å². The lowest BCUT2D eigenvalue weighted by Crippen LogP contribution is -2.24. The van der Waals surface area contributed by atoms with Crippen LogP contribution in [0.5, 0.6) is 0 Å². The molecule has 21 heavy (non-hydrogen) atoms. The topological polar surface area (TPSA) is 51.8 Å². The van der Waals surface area contributed by atoms with Gasteiger partial charge in [-0.05, 0) is 0 Å². The zero-order valence-corrected chi connectivity index (χ0v) is 14.6. The minimum Gasteiger partial charge on any atom is -0.380 e. The monoisotopic (exact) mass is 338 g/mol. The molecule has 0 aromatic carbocycles. The maximum Gasteiger partial charge on any atom is 0.0701 e. The van der Waals surface area contributed by atoms with Crippen molar-refractivity contribution in [3.63, 3.8) is 0 Å². The molecule has 5 nitrogen and oxygen atoms in total. The maximum absolute atomic E-state index is 5.61. The van der Waals surface area contributed by atoms with E-state index in [1.54, 1.807) is 0 Å². The van der Waals surface area contributed by atoms with E-state index in [1.807, 2.05) is 23.5 Å². The van der Waals surface area contributed by atoms with Crippen LogP contribution in [0.3, 0.4) is 0 Å². The Morgan fingerprint density at radius 3 is 1.48 bits per heavy atom. The first-order valence-electron chi connectivity index (χ1n) is 7.80. The number of hydrogen-bond donors (Lipinski definition) is 2. The average Bonchev–Trinajstić information content (AvgIpc) is 2.50. The molecule has 0 unspecified atom stereocenters. The van der Waals surface area contributed by atoms with Gasteiger partial charge in [0.15, 0.2) is 0 Å². The van der Waals surface area contributed by atoms with Crippen molar-refractivity contribution in [2.75, 3.05) is 88.8 Å². The van der Waals surface area contributed by atoms with Crippen LogP contribution in [0.1, 0.15) is 0 Å². The van der Waals surface area contributed by atoms with E-state index < -0.39 is 0 Å².